The number of amides is 3. The molecule has 8 heteroatoms. The third kappa shape index (κ3) is 4.93. The molecule has 2 heterocycles. The van der Waals surface area contributed by atoms with Gasteiger partial charge in [-0.1, -0.05) is 30.3 Å². The topological polar surface area (TPSA) is 86.7 Å². The van der Waals surface area contributed by atoms with Crippen molar-refractivity contribution in [2.75, 3.05) is 34.2 Å². The summed E-state index contributed by atoms with van der Waals surface area (Å²) in [5.41, 5.74) is 2.90. The lowest BCUT2D eigenvalue weighted by Gasteiger charge is -2.30. The first-order valence-electron chi connectivity index (χ1n) is 11.7. The van der Waals surface area contributed by atoms with Gasteiger partial charge in [0.05, 0.1) is 16.4 Å². The average Bonchev–Trinajstić information content (AvgIpc) is 3.07. The van der Waals surface area contributed by atoms with Crippen molar-refractivity contribution < 1.29 is 14.4 Å². The maximum absolute atomic E-state index is 13.8. The molecule has 3 aromatic rings. The van der Waals surface area contributed by atoms with Crippen molar-refractivity contribution in [2.45, 2.75) is 31.7 Å². The third-order valence-electron chi connectivity index (χ3n) is 6.67. The predicted octanol–water partition coefficient (Wildman–Crippen LogP) is 2.55. The standard InChI is InChI=1S/C27H31N5O3/c1-19-7-5-6-8-21(19)27(17-25(34)32(26(27)35)14-13-30(2)3)16-24(33)31(4)18-20-9-10-22-23(15-20)29-12-11-28-22/h5-12,15H,13-14,16-18H2,1-4H3. The Bertz CT molecular complexity index is 1270. The molecule has 1 aliphatic rings. The Morgan fingerprint density at radius 2 is 1.74 bits per heavy atom. The molecule has 1 saturated heterocycles. The van der Waals surface area contributed by atoms with E-state index < -0.39 is 5.41 Å². The highest BCUT2D eigenvalue weighted by molar-refractivity contribution is 6.11. The Balaban J connectivity index is 1.60. The van der Waals surface area contributed by atoms with Crippen LogP contribution in [0.5, 0.6) is 0 Å². The number of aromatic nitrogens is 2. The summed E-state index contributed by atoms with van der Waals surface area (Å²) in [4.78, 5) is 53.8. The van der Waals surface area contributed by atoms with Crippen molar-refractivity contribution in [1.82, 2.24) is 24.7 Å². The summed E-state index contributed by atoms with van der Waals surface area (Å²) < 4.78 is 0. The third-order valence-corrected chi connectivity index (χ3v) is 6.67. The first kappa shape index (κ1) is 24.5. The number of hydrogen-bond acceptors (Lipinski definition) is 6. The van der Waals surface area contributed by atoms with Crippen molar-refractivity contribution in [3.8, 4) is 0 Å². The fourth-order valence-electron chi connectivity index (χ4n) is 4.74. The van der Waals surface area contributed by atoms with Crippen LogP contribution in [0.3, 0.4) is 0 Å². The van der Waals surface area contributed by atoms with Crippen LogP contribution in [0.2, 0.25) is 0 Å². The maximum Gasteiger partial charge on any atom is 0.240 e. The zero-order valence-electron chi connectivity index (χ0n) is 20.7. The molecule has 182 valence electrons. The highest BCUT2D eigenvalue weighted by Crippen LogP contribution is 2.41. The minimum Gasteiger partial charge on any atom is -0.341 e. The van der Waals surface area contributed by atoms with Gasteiger partial charge in [0, 0.05) is 51.9 Å². The number of fused-ring (bicyclic) bond motifs is 1. The molecule has 1 aromatic heterocycles. The van der Waals surface area contributed by atoms with E-state index in [0.29, 0.717) is 19.6 Å². The van der Waals surface area contributed by atoms with Gasteiger partial charge in [0.15, 0.2) is 0 Å². The SMILES string of the molecule is Cc1ccccc1C1(CC(=O)N(C)Cc2ccc3nccnc3c2)CC(=O)N(CCN(C)C)C1=O. The number of benzene rings is 2. The molecule has 3 amide bonds. The molecule has 0 saturated carbocycles. The largest absolute Gasteiger partial charge is 0.341 e. The van der Waals surface area contributed by atoms with Gasteiger partial charge < -0.3 is 9.80 Å². The Labute approximate surface area is 205 Å². The summed E-state index contributed by atoms with van der Waals surface area (Å²) in [7, 11) is 5.52. The molecule has 0 aliphatic carbocycles. The summed E-state index contributed by atoms with van der Waals surface area (Å²) in [5, 5.41) is 0. The van der Waals surface area contributed by atoms with Crippen molar-refractivity contribution >= 4 is 28.8 Å². The second kappa shape index (κ2) is 9.92. The lowest BCUT2D eigenvalue weighted by molar-refractivity contribution is -0.142. The second-order valence-corrected chi connectivity index (χ2v) is 9.53. The number of likely N-dealkylation sites (N-methyl/N-ethyl adjacent to an activating group) is 1. The molecule has 0 spiro atoms. The molecule has 4 rings (SSSR count). The van der Waals surface area contributed by atoms with Crippen LogP contribution in [0.1, 0.15) is 29.5 Å². The van der Waals surface area contributed by atoms with Gasteiger partial charge >= 0.3 is 0 Å². The van der Waals surface area contributed by atoms with Crippen LogP contribution in [0.4, 0.5) is 0 Å². The molecule has 0 N–H and O–H groups in total. The molecule has 1 unspecified atom stereocenters. The van der Waals surface area contributed by atoms with E-state index in [1.165, 1.54) is 4.90 Å². The molecule has 1 aliphatic heterocycles. The zero-order valence-corrected chi connectivity index (χ0v) is 20.7. The predicted molar refractivity (Wildman–Crippen MR) is 133 cm³/mol. The number of carbonyl (C=O) groups is 3. The van der Waals surface area contributed by atoms with E-state index in [1.54, 1.807) is 24.3 Å². The fourth-order valence-corrected chi connectivity index (χ4v) is 4.74. The van der Waals surface area contributed by atoms with E-state index in [4.69, 9.17) is 0 Å². The summed E-state index contributed by atoms with van der Waals surface area (Å²) in [6, 6.07) is 13.3. The van der Waals surface area contributed by atoms with Crippen molar-refractivity contribution in [1.29, 1.82) is 0 Å². The Morgan fingerprint density at radius 3 is 2.46 bits per heavy atom. The van der Waals surface area contributed by atoms with Gasteiger partial charge in [-0.05, 0) is 49.8 Å². The number of nitrogens with zero attached hydrogens (tertiary/aromatic N) is 5. The highest BCUT2D eigenvalue weighted by Gasteiger charge is 2.54. The Hall–Kier alpha value is -3.65. The Kier molecular flexibility index (Phi) is 6.93. The van der Waals surface area contributed by atoms with E-state index in [-0.39, 0.29) is 30.6 Å². The number of rotatable bonds is 8. The normalized spacial score (nSPS) is 18.0. The van der Waals surface area contributed by atoms with Crippen molar-refractivity contribution in [3.63, 3.8) is 0 Å². The highest BCUT2D eigenvalue weighted by atomic mass is 16.2. The lowest BCUT2D eigenvalue weighted by Crippen LogP contribution is -2.44. The van der Waals surface area contributed by atoms with Gasteiger partial charge in [-0.2, -0.15) is 0 Å². The molecular formula is C27H31N5O3. The average molecular weight is 474 g/mol. The molecular weight excluding hydrogens is 442 g/mol. The van der Waals surface area contributed by atoms with Crippen LogP contribution in [0.25, 0.3) is 11.0 Å². The van der Waals surface area contributed by atoms with E-state index in [1.807, 2.05) is 68.4 Å². The van der Waals surface area contributed by atoms with Crippen LogP contribution in [0, 0.1) is 6.92 Å². The zero-order chi connectivity index (χ0) is 25.2. The number of aryl methyl sites for hydroxylation is 1. The quantitative estimate of drug-likeness (QED) is 0.468. The first-order chi connectivity index (χ1) is 16.7. The van der Waals surface area contributed by atoms with Crippen molar-refractivity contribution in [3.05, 3.63) is 71.5 Å². The van der Waals surface area contributed by atoms with Crippen LogP contribution in [-0.2, 0) is 26.3 Å². The number of hydrogen-bond donors (Lipinski definition) is 0. The van der Waals surface area contributed by atoms with Gasteiger partial charge in [-0.25, -0.2) is 0 Å². The molecule has 0 radical (unpaired) electrons. The molecule has 1 fully saturated rings. The molecule has 0 bridgehead atoms. The molecule has 8 nitrogen and oxygen atoms in total. The minimum atomic E-state index is -1.20. The summed E-state index contributed by atoms with van der Waals surface area (Å²) in [6.07, 6.45) is 3.21. The summed E-state index contributed by atoms with van der Waals surface area (Å²) >= 11 is 0. The molecule has 35 heavy (non-hydrogen) atoms. The smallest absolute Gasteiger partial charge is 0.240 e. The molecule has 1 atom stereocenters. The van der Waals surface area contributed by atoms with Gasteiger partial charge in [-0.15, -0.1) is 0 Å². The van der Waals surface area contributed by atoms with Crippen LogP contribution in [0.15, 0.2) is 54.9 Å². The summed E-state index contributed by atoms with van der Waals surface area (Å²) in [5.74, 6) is -0.715. The Morgan fingerprint density at radius 1 is 1.03 bits per heavy atom. The van der Waals surface area contributed by atoms with E-state index in [9.17, 15) is 14.4 Å². The van der Waals surface area contributed by atoms with Crippen molar-refractivity contribution in [2.24, 2.45) is 0 Å². The van der Waals surface area contributed by atoms with E-state index in [2.05, 4.69) is 9.97 Å². The van der Waals surface area contributed by atoms with Gasteiger partial charge in [0.25, 0.3) is 0 Å². The van der Waals surface area contributed by atoms with E-state index >= 15 is 0 Å². The van der Waals surface area contributed by atoms with Crippen LogP contribution >= 0.6 is 0 Å². The van der Waals surface area contributed by atoms with Gasteiger partial charge in [0.2, 0.25) is 17.7 Å². The van der Waals surface area contributed by atoms with Crippen LogP contribution < -0.4 is 0 Å². The second-order valence-electron chi connectivity index (χ2n) is 9.53. The summed E-state index contributed by atoms with van der Waals surface area (Å²) in [6.45, 7) is 3.16. The number of likely N-dealkylation sites (tertiary alicyclic amines) is 1. The monoisotopic (exact) mass is 473 g/mol. The van der Waals surface area contributed by atoms with Gasteiger partial charge in [0.1, 0.15) is 0 Å². The number of imide groups is 1. The van der Waals surface area contributed by atoms with Gasteiger partial charge in [-0.3, -0.25) is 29.3 Å². The van der Waals surface area contributed by atoms with E-state index in [0.717, 1.165) is 27.7 Å². The maximum atomic E-state index is 13.8. The lowest BCUT2D eigenvalue weighted by atomic mass is 9.74. The number of carbonyl (C=O) groups excluding carboxylic acids is 3. The fraction of sp³-hybridized carbons (Fsp3) is 0.370. The minimum absolute atomic E-state index is 0.00470. The van der Waals surface area contributed by atoms with Crippen LogP contribution in [-0.4, -0.2) is 76.6 Å². The molecule has 2 aromatic carbocycles. The first-order valence-corrected chi connectivity index (χ1v) is 11.7.